The molecule has 1 aliphatic rings. The van der Waals surface area contributed by atoms with Crippen LogP contribution in [0.15, 0.2) is 77.2 Å². The number of carbonyl (C=O) groups excluding carboxylic acids is 2. The highest BCUT2D eigenvalue weighted by Gasteiger charge is 2.25. The minimum absolute atomic E-state index is 0.0672. The third-order valence-electron chi connectivity index (χ3n) is 7.16. The Balaban J connectivity index is 1.47. The van der Waals surface area contributed by atoms with Crippen molar-refractivity contribution in [1.29, 1.82) is 0 Å². The molecular weight excluding hydrogens is 532 g/mol. The summed E-state index contributed by atoms with van der Waals surface area (Å²) < 4.78 is 11.0. The summed E-state index contributed by atoms with van der Waals surface area (Å²) in [5.41, 5.74) is 4.48. The van der Waals surface area contributed by atoms with E-state index in [0.717, 1.165) is 58.8 Å². The largest absolute Gasteiger partial charge is 0.489 e. The molecule has 0 saturated heterocycles. The average Bonchev–Trinajstić information content (AvgIpc) is 3.45. The van der Waals surface area contributed by atoms with E-state index in [9.17, 15) is 9.59 Å². The van der Waals surface area contributed by atoms with Crippen LogP contribution in [0.25, 0.3) is 6.08 Å². The number of rotatable bonds is 12. The summed E-state index contributed by atoms with van der Waals surface area (Å²) in [4.78, 5) is 30.1. The molecule has 41 heavy (non-hydrogen) atoms. The lowest BCUT2D eigenvalue weighted by atomic mass is 9.88. The zero-order chi connectivity index (χ0) is 29.0. The molecule has 4 rings (SSSR count). The maximum atomic E-state index is 13.3. The van der Waals surface area contributed by atoms with Crippen molar-refractivity contribution in [2.45, 2.75) is 71.9 Å². The molecule has 3 aromatic rings. The first-order valence-corrected chi connectivity index (χ1v) is 15.3. The fourth-order valence-corrected chi connectivity index (χ4v) is 5.83. The Morgan fingerprint density at radius 2 is 1.76 bits per heavy atom. The van der Waals surface area contributed by atoms with Crippen molar-refractivity contribution in [1.82, 2.24) is 10.3 Å². The van der Waals surface area contributed by atoms with Gasteiger partial charge in [-0.2, -0.15) is 0 Å². The Morgan fingerprint density at radius 1 is 1.02 bits per heavy atom. The Kier molecular flexibility index (Phi) is 11.3. The van der Waals surface area contributed by atoms with Crippen molar-refractivity contribution in [2.24, 2.45) is 5.92 Å². The van der Waals surface area contributed by atoms with Crippen LogP contribution in [0.1, 0.15) is 80.7 Å². The number of nitrogens with one attached hydrogen (secondary N) is 1. The summed E-state index contributed by atoms with van der Waals surface area (Å²) in [6.45, 7) is 6.34. The van der Waals surface area contributed by atoms with Gasteiger partial charge in [-0.05, 0) is 81.0 Å². The molecule has 1 unspecified atom stereocenters. The maximum absolute atomic E-state index is 13.3. The van der Waals surface area contributed by atoms with Gasteiger partial charge in [-0.1, -0.05) is 61.7 Å². The number of aromatic nitrogens is 1. The molecule has 6 nitrogen and oxygen atoms in total. The van der Waals surface area contributed by atoms with E-state index in [1.807, 2.05) is 60.8 Å². The molecule has 0 aliphatic heterocycles. The second kappa shape index (κ2) is 15.3. The molecule has 1 heterocycles. The minimum atomic E-state index is -0.318. The fourth-order valence-electron chi connectivity index (χ4n) is 5.00. The monoisotopic (exact) mass is 572 g/mol. The van der Waals surface area contributed by atoms with Gasteiger partial charge in [0.05, 0.1) is 18.3 Å². The first kappa shape index (κ1) is 30.3. The highest BCUT2D eigenvalue weighted by atomic mass is 32.1. The van der Waals surface area contributed by atoms with Crippen molar-refractivity contribution >= 4 is 29.3 Å². The molecule has 1 fully saturated rings. The van der Waals surface area contributed by atoms with Gasteiger partial charge in [0.15, 0.2) is 0 Å². The van der Waals surface area contributed by atoms with Crippen molar-refractivity contribution in [3.05, 3.63) is 99.0 Å². The highest BCUT2D eigenvalue weighted by Crippen LogP contribution is 2.28. The van der Waals surface area contributed by atoms with Gasteiger partial charge in [0.1, 0.15) is 17.4 Å². The quantitative estimate of drug-likeness (QED) is 0.137. The number of nitrogens with zero attached hydrogens (tertiary/aromatic N) is 1. The number of ether oxygens (including phenoxy) is 2. The predicted molar refractivity (Wildman–Crippen MR) is 165 cm³/mol. The Hall–Kier alpha value is -3.71. The van der Waals surface area contributed by atoms with Gasteiger partial charge in [0.25, 0.3) is 0 Å². The van der Waals surface area contributed by atoms with Crippen LogP contribution in [-0.2, 0) is 27.4 Å². The highest BCUT2D eigenvalue weighted by molar-refractivity contribution is 7.09. The van der Waals surface area contributed by atoms with Gasteiger partial charge in [-0.25, -0.2) is 9.78 Å². The maximum Gasteiger partial charge on any atom is 0.333 e. The molecule has 7 heteroatoms. The molecular formula is C34H40N2O4S. The van der Waals surface area contributed by atoms with Crippen LogP contribution in [0, 0.1) is 5.92 Å². The second-order valence-corrected chi connectivity index (χ2v) is 11.5. The Morgan fingerprint density at radius 3 is 2.46 bits per heavy atom. The third kappa shape index (κ3) is 9.42. The van der Waals surface area contributed by atoms with Crippen LogP contribution in [0.2, 0.25) is 0 Å². The molecule has 0 bridgehead atoms. The molecule has 1 aliphatic carbocycles. The summed E-state index contributed by atoms with van der Waals surface area (Å²) in [6.07, 6.45) is 9.70. The molecule has 216 valence electrons. The minimum Gasteiger partial charge on any atom is -0.489 e. The Bertz CT molecular complexity index is 1340. The van der Waals surface area contributed by atoms with E-state index in [2.05, 4.69) is 17.4 Å². The van der Waals surface area contributed by atoms with Crippen molar-refractivity contribution in [3.8, 4) is 5.75 Å². The lowest BCUT2D eigenvalue weighted by Gasteiger charge is -2.24. The van der Waals surface area contributed by atoms with Gasteiger partial charge in [-0.3, -0.25) is 4.79 Å². The number of thiazole rings is 1. The molecule has 1 atom stereocenters. The van der Waals surface area contributed by atoms with Crippen LogP contribution >= 0.6 is 11.3 Å². The van der Waals surface area contributed by atoms with Gasteiger partial charge in [-0.15, -0.1) is 11.3 Å². The molecule has 1 saturated carbocycles. The van der Waals surface area contributed by atoms with E-state index in [1.165, 1.54) is 6.42 Å². The predicted octanol–water partition coefficient (Wildman–Crippen LogP) is 7.62. The van der Waals surface area contributed by atoms with E-state index in [0.29, 0.717) is 25.2 Å². The van der Waals surface area contributed by atoms with Crippen LogP contribution in [-0.4, -0.2) is 23.5 Å². The van der Waals surface area contributed by atoms with Gasteiger partial charge < -0.3 is 14.8 Å². The number of hydrogen-bond acceptors (Lipinski definition) is 6. The number of amides is 1. The Labute approximate surface area is 247 Å². The first-order valence-electron chi connectivity index (χ1n) is 14.5. The van der Waals surface area contributed by atoms with Crippen molar-refractivity contribution in [3.63, 3.8) is 0 Å². The van der Waals surface area contributed by atoms with Crippen LogP contribution in [0.5, 0.6) is 5.75 Å². The molecule has 0 spiro atoms. The summed E-state index contributed by atoms with van der Waals surface area (Å²) in [5, 5.41) is 6.18. The second-order valence-electron chi connectivity index (χ2n) is 10.6. The molecule has 2 aromatic carbocycles. The van der Waals surface area contributed by atoms with Crippen LogP contribution in [0.3, 0.4) is 0 Å². The van der Waals surface area contributed by atoms with E-state index in [4.69, 9.17) is 14.5 Å². The van der Waals surface area contributed by atoms with E-state index in [-0.39, 0.29) is 23.8 Å². The zero-order valence-electron chi connectivity index (χ0n) is 24.2. The number of hydrogen-bond donors (Lipinski definition) is 1. The number of benzene rings is 2. The lowest BCUT2D eigenvalue weighted by molar-refractivity contribution is -0.138. The van der Waals surface area contributed by atoms with Crippen molar-refractivity contribution < 1.29 is 19.1 Å². The fraction of sp³-hybridized carbons (Fsp3) is 0.382. The zero-order valence-corrected chi connectivity index (χ0v) is 25.0. The molecule has 1 N–H and O–H groups in total. The summed E-state index contributed by atoms with van der Waals surface area (Å²) >= 11 is 1.54. The summed E-state index contributed by atoms with van der Waals surface area (Å²) in [5.74, 6) is 0.677. The van der Waals surface area contributed by atoms with Crippen LogP contribution in [0.4, 0.5) is 0 Å². The van der Waals surface area contributed by atoms with Gasteiger partial charge in [0.2, 0.25) is 5.91 Å². The SMILES string of the molecule is CCOC(=O)/C(C)=C\C(C)=C/c1csc(C(Cc2ccc(OCc3ccccc3)cc2)NC(=O)C2CCCCC2)n1. The summed E-state index contributed by atoms with van der Waals surface area (Å²) in [7, 11) is 0. The smallest absolute Gasteiger partial charge is 0.333 e. The average molecular weight is 573 g/mol. The standard InChI is InChI=1S/C34H40N2O4S/c1-4-39-34(38)25(3)19-24(2)20-29-23-41-33(35-29)31(36-32(37)28-13-9-6-10-14-28)21-26-15-17-30(18-16-26)40-22-27-11-7-5-8-12-27/h5,7-8,11-12,15-20,23,28,31H,4,6,9-10,13-14,21-22H2,1-3H3,(H,36,37)/b24-20-,25-19-. The van der Waals surface area contributed by atoms with E-state index >= 15 is 0 Å². The molecule has 1 aromatic heterocycles. The number of esters is 1. The molecule has 0 radical (unpaired) electrons. The van der Waals surface area contributed by atoms with Gasteiger partial charge in [0, 0.05) is 16.9 Å². The first-order chi connectivity index (χ1) is 19.9. The third-order valence-corrected chi connectivity index (χ3v) is 8.14. The lowest BCUT2D eigenvalue weighted by Crippen LogP contribution is -2.35. The van der Waals surface area contributed by atoms with Crippen LogP contribution < -0.4 is 10.1 Å². The summed E-state index contributed by atoms with van der Waals surface area (Å²) in [6, 6.07) is 17.9. The number of carbonyl (C=O) groups is 2. The van der Waals surface area contributed by atoms with E-state index in [1.54, 1.807) is 31.3 Å². The van der Waals surface area contributed by atoms with E-state index < -0.39 is 0 Å². The van der Waals surface area contributed by atoms with Gasteiger partial charge >= 0.3 is 5.97 Å². The topological polar surface area (TPSA) is 77.5 Å². The normalized spacial score (nSPS) is 15.3. The van der Waals surface area contributed by atoms with Crippen molar-refractivity contribution in [2.75, 3.05) is 6.61 Å². The number of allylic oxidation sites excluding steroid dienone is 2. The molecule has 1 amide bonds.